The molecule has 104 valence electrons. The summed E-state index contributed by atoms with van der Waals surface area (Å²) in [6.45, 7) is 0.532. The zero-order valence-electron chi connectivity index (χ0n) is 11.0. The fourth-order valence-corrected chi connectivity index (χ4v) is 2.60. The van der Waals surface area contributed by atoms with E-state index in [4.69, 9.17) is 4.74 Å². The van der Waals surface area contributed by atoms with Gasteiger partial charge in [-0.25, -0.2) is 0 Å². The fraction of sp³-hybridized carbons (Fsp3) is 0.333. The Bertz CT molecular complexity index is 651. The second-order valence-electron chi connectivity index (χ2n) is 4.95. The van der Waals surface area contributed by atoms with Crippen LogP contribution >= 0.6 is 15.9 Å². The standard InChI is InChI=1S/C15H15BrN2O2/c16-14-7-11(10-20-13-4-1-5-13)9-18(15(14)19)12-3-2-6-17-8-12/h2-3,6-9,13H,1,4-5,10H2. The van der Waals surface area contributed by atoms with Crippen molar-refractivity contribution in [2.24, 2.45) is 0 Å². The third-order valence-electron chi connectivity index (χ3n) is 3.49. The van der Waals surface area contributed by atoms with Crippen LogP contribution in [0.2, 0.25) is 0 Å². The summed E-state index contributed by atoms with van der Waals surface area (Å²) in [6, 6.07) is 5.50. The smallest absolute Gasteiger partial charge is 0.269 e. The van der Waals surface area contributed by atoms with E-state index in [1.807, 2.05) is 24.4 Å². The molecule has 0 aliphatic heterocycles. The van der Waals surface area contributed by atoms with Crippen molar-refractivity contribution >= 4 is 15.9 Å². The number of rotatable bonds is 4. The predicted octanol–water partition coefficient (Wildman–Crippen LogP) is 3.06. The van der Waals surface area contributed by atoms with Crippen molar-refractivity contribution in [2.75, 3.05) is 0 Å². The Balaban J connectivity index is 1.89. The highest BCUT2D eigenvalue weighted by atomic mass is 79.9. The summed E-state index contributed by atoms with van der Waals surface area (Å²) in [5.41, 5.74) is 1.64. The summed E-state index contributed by atoms with van der Waals surface area (Å²) < 4.78 is 7.93. The number of nitrogens with zero attached hydrogens (tertiary/aromatic N) is 2. The van der Waals surface area contributed by atoms with E-state index >= 15 is 0 Å². The van der Waals surface area contributed by atoms with Crippen LogP contribution in [-0.2, 0) is 11.3 Å². The van der Waals surface area contributed by atoms with Crippen molar-refractivity contribution < 1.29 is 4.74 Å². The van der Waals surface area contributed by atoms with Crippen LogP contribution in [0.25, 0.3) is 5.69 Å². The van der Waals surface area contributed by atoms with Crippen molar-refractivity contribution in [3.63, 3.8) is 0 Å². The van der Waals surface area contributed by atoms with Crippen molar-refractivity contribution in [1.29, 1.82) is 0 Å². The van der Waals surface area contributed by atoms with Crippen LogP contribution in [0.1, 0.15) is 24.8 Å². The van der Waals surface area contributed by atoms with E-state index in [9.17, 15) is 4.79 Å². The molecule has 5 heteroatoms. The Hall–Kier alpha value is -1.46. The van der Waals surface area contributed by atoms with E-state index in [0.717, 1.165) is 24.1 Å². The monoisotopic (exact) mass is 334 g/mol. The SMILES string of the molecule is O=c1c(Br)cc(COC2CCC2)cn1-c1cccnc1. The lowest BCUT2D eigenvalue weighted by Crippen LogP contribution is -2.23. The molecule has 0 radical (unpaired) electrons. The minimum absolute atomic E-state index is 0.0922. The average Bonchev–Trinajstić information content (AvgIpc) is 2.42. The molecule has 0 saturated heterocycles. The van der Waals surface area contributed by atoms with E-state index in [1.165, 1.54) is 6.42 Å². The first-order valence-corrected chi connectivity index (χ1v) is 7.46. The van der Waals surface area contributed by atoms with Gasteiger partial charge >= 0.3 is 0 Å². The maximum Gasteiger partial charge on any atom is 0.269 e. The van der Waals surface area contributed by atoms with Crippen molar-refractivity contribution in [1.82, 2.24) is 9.55 Å². The van der Waals surface area contributed by atoms with Gasteiger partial charge in [0.2, 0.25) is 0 Å². The molecule has 0 unspecified atom stereocenters. The molecule has 0 atom stereocenters. The molecule has 0 N–H and O–H groups in total. The zero-order valence-corrected chi connectivity index (χ0v) is 12.5. The lowest BCUT2D eigenvalue weighted by atomic mass is 9.96. The summed E-state index contributed by atoms with van der Waals surface area (Å²) in [5, 5.41) is 0. The molecule has 2 aromatic rings. The molecule has 0 spiro atoms. The van der Waals surface area contributed by atoms with Crippen LogP contribution < -0.4 is 5.56 Å². The maximum atomic E-state index is 12.2. The lowest BCUT2D eigenvalue weighted by molar-refractivity contribution is -0.00885. The van der Waals surface area contributed by atoms with Gasteiger partial charge in [-0.05, 0) is 59.0 Å². The van der Waals surface area contributed by atoms with Gasteiger partial charge < -0.3 is 4.74 Å². The fourth-order valence-electron chi connectivity index (χ4n) is 2.12. The van der Waals surface area contributed by atoms with Gasteiger partial charge in [-0.2, -0.15) is 0 Å². The van der Waals surface area contributed by atoms with Crippen LogP contribution in [0.15, 0.2) is 46.1 Å². The largest absolute Gasteiger partial charge is 0.373 e. The van der Waals surface area contributed by atoms with Gasteiger partial charge in [0.05, 0.1) is 29.1 Å². The highest BCUT2D eigenvalue weighted by Crippen LogP contribution is 2.23. The number of ether oxygens (including phenoxy) is 1. The van der Waals surface area contributed by atoms with Crippen LogP contribution in [0.3, 0.4) is 0 Å². The molecule has 0 amide bonds. The van der Waals surface area contributed by atoms with E-state index in [0.29, 0.717) is 17.2 Å². The maximum absolute atomic E-state index is 12.2. The van der Waals surface area contributed by atoms with Gasteiger partial charge in [-0.3, -0.25) is 14.3 Å². The molecule has 1 saturated carbocycles. The van der Waals surface area contributed by atoms with Crippen LogP contribution in [0.5, 0.6) is 0 Å². The highest BCUT2D eigenvalue weighted by molar-refractivity contribution is 9.10. The van der Waals surface area contributed by atoms with Crippen molar-refractivity contribution in [3.8, 4) is 5.69 Å². The van der Waals surface area contributed by atoms with Gasteiger partial charge in [0.15, 0.2) is 0 Å². The van der Waals surface area contributed by atoms with E-state index in [1.54, 1.807) is 17.0 Å². The zero-order chi connectivity index (χ0) is 13.9. The average molecular weight is 335 g/mol. The Morgan fingerprint density at radius 2 is 2.30 bits per heavy atom. The molecule has 1 fully saturated rings. The van der Waals surface area contributed by atoms with Crippen LogP contribution in [0.4, 0.5) is 0 Å². The molecular formula is C15H15BrN2O2. The van der Waals surface area contributed by atoms with Crippen molar-refractivity contribution in [3.05, 3.63) is 57.2 Å². The minimum Gasteiger partial charge on any atom is -0.373 e. The van der Waals surface area contributed by atoms with Gasteiger partial charge in [0.25, 0.3) is 5.56 Å². The van der Waals surface area contributed by atoms with Crippen LogP contribution in [-0.4, -0.2) is 15.7 Å². The predicted molar refractivity (Wildman–Crippen MR) is 80.0 cm³/mol. The third-order valence-corrected chi connectivity index (χ3v) is 4.06. The summed E-state index contributed by atoms with van der Waals surface area (Å²) in [5.74, 6) is 0. The molecule has 20 heavy (non-hydrogen) atoms. The molecule has 3 rings (SSSR count). The first-order valence-electron chi connectivity index (χ1n) is 6.67. The summed E-state index contributed by atoms with van der Waals surface area (Å²) in [7, 11) is 0. The Morgan fingerprint density at radius 1 is 1.45 bits per heavy atom. The molecule has 2 aromatic heterocycles. The number of hydrogen-bond acceptors (Lipinski definition) is 3. The van der Waals surface area contributed by atoms with Gasteiger partial charge in [0.1, 0.15) is 0 Å². The second kappa shape index (κ2) is 5.89. The molecule has 1 aliphatic carbocycles. The number of aromatic nitrogens is 2. The quantitative estimate of drug-likeness (QED) is 0.863. The van der Waals surface area contributed by atoms with Gasteiger partial charge in [-0.15, -0.1) is 0 Å². The van der Waals surface area contributed by atoms with Crippen molar-refractivity contribution in [2.45, 2.75) is 32.0 Å². The van der Waals surface area contributed by atoms with Gasteiger partial charge in [0, 0.05) is 12.4 Å². The second-order valence-corrected chi connectivity index (χ2v) is 5.80. The summed E-state index contributed by atoms with van der Waals surface area (Å²) >= 11 is 3.32. The van der Waals surface area contributed by atoms with E-state index < -0.39 is 0 Å². The Morgan fingerprint density at radius 3 is 2.95 bits per heavy atom. The molecule has 2 heterocycles. The third kappa shape index (κ3) is 2.83. The highest BCUT2D eigenvalue weighted by Gasteiger charge is 2.18. The topological polar surface area (TPSA) is 44.1 Å². The van der Waals surface area contributed by atoms with Crippen LogP contribution in [0, 0.1) is 0 Å². The number of hydrogen-bond donors (Lipinski definition) is 0. The molecular weight excluding hydrogens is 320 g/mol. The Labute approximate surface area is 125 Å². The number of halogens is 1. The summed E-state index contributed by atoms with van der Waals surface area (Å²) in [4.78, 5) is 16.2. The summed E-state index contributed by atoms with van der Waals surface area (Å²) in [6.07, 6.45) is 9.10. The molecule has 0 aromatic carbocycles. The van der Waals surface area contributed by atoms with E-state index in [-0.39, 0.29) is 5.56 Å². The minimum atomic E-state index is -0.0922. The molecule has 0 bridgehead atoms. The number of pyridine rings is 2. The van der Waals surface area contributed by atoms with Gasteiger partial charge in [-0.1, -0.05) is 0 Å². The van der Waals surface area contributed by atoms with E-state index in [2.05, 4.69) is 20.9 Å². The molecule has 4 nitrogen and oxygen atoms in total. The Kier molecular flexibility index (Phi) is 3.98. The first kappa shape index (κ1) is 13.5. The normalized spacial score (nSPS) is 15.1. The molecule has 1 aliphatic rings. The lowest BCUT2D eigenvalue weighted by Gasteiger charge is -2.25. The first-order chi connectivity index (χ1) is 9.74.